The summed E-state index contributed by atoms with van der Waals surface area (Å²) < 4.78 is 6.27. The van der Waals surface area contributed by atoms with E-state index in [2.05, 4.69) is 15.4 Å². The van der Waals surface area contributed by atoms with Gasteiger partial charge in [0.15, 0.2) is 0 Å². The van der Waals surface area contributed by atoms with E-state index >= 15 is 0 Å². The molecule has 0 aliphatic rings. The first-order valence-corrected chi connectivity index (χ1v) is 9.31. The molecular weight excluding hydrogens is 376 g/mol. The van der Waals surface area contributed by atoms with Crippen molar-refractivity contribution in [2.45, 2.75) is 6.54 Å². The first-order valence-electron chi connectivity index (χ1n) is 8.49. The highest BCUT2D eigenvalue weighted by Crippen LogP contribution is 2.27. The number of carbonyl (C=O) groups excluding carboxylic acids is 2. The Kier molecular flexibility index (Phi) is 4.86. The highest BCUT2D eigenvalue weighted by molar-refractivity contribution is 7.17. The van der Waals surface area contributed by atoms with E-state index in [1.165, 1.54) is 18.4 Å². The molecule has 0 atom stereocenters. The third kappa shape index (κ3) is 3.63. The third-order valence-corrected chi connectivity index (χ3v) is 5.19. The lowest BCUT2D eigenvalue weighted by atomic mass is 10.2. The Hall–Kier alpha value is -3.52. The maximum Gasteiger partial charge on any atom is 0.348 e. The van der Waals surface area contributed by atoms with Crippen molar-refractivity contribution in [1.29, 1.82) is 0 Å². The second-order valence-corrected chi connectivity index (χ2v) is 7.07. The summed E-state index contributed by atoms with van der Waals surface area (Å²) in [7, 11) is 1.35. The number of hydrogen-bond acceptors (Lipinski definition) is 6. The van der Waals surface area contributed by atoms with Gasteiger partial charge in [-0.1, -0.05) is 18.2 Å². The van der Waals surface area contributed by atoms with Crippen LogP contribution in [-0.4, -0.2) is 33.8 Å². The summed E-state index contributed by atoms with van der Waals surface area (Å²) in [5.74, 6) is -0.576. The molecule has 3 aromatic heterocycles. The Bertz CT molecular complexity index is 1160. The quantitative estimate of drug-likeness (QED) is 0.525. The number of anilines is 1. The molecule has 0 radical (unpaired) electrons. The number of ether oxygens (including phenoxy) is 1. The molecule has 140 valence electrons. The molecule has 0 saturated carbocycles. The van der Waals surface area contributed by atoms with Crippen LogP contribution in [0.1, 0.15) is 9.67 Å². The SMILES string of the molecule is COC(=O)c1ccc(-c2ccn(CC(=O)Nc3cccc4cccnc34)n2)s1. The number of benzene rings is 1. The van der Waals surface area contributed by atoms with Gasteiger partial charge in [0.25, 0.3) is 0 Å². The molecule has 1 amide bonds. The molecule has 0 aliphatic heterocycles. The second kappa shape index (κ2) is 7.61. The van der Waals surface area contributed by atoms with Crippen molar-refractivity contribution >= 4 is 39.8 Å². The smallest absolute Gasteiger partial charge is 0.348 e. The maximum atomic E-state index is 12.4. The van der Waals surface area contributed by atoms with Gasteiger partial charge in [0.1, 0.15) is 17.1 Å². The van der Waals surface area contributed by atoms with Crippen LogP contribution in [0.2, 0.25) is 0 Å². The van der Waals surface area contributed by atoms with Gasteiger partial charge in [0, 0.05) is 17.8 Å². The summed E-state index contributed by atoms with van der Waals surface area (Å²) in [6.45, 7) is 0.0679. The van der Waals surface area contributed by atoms with Gasteiger partial charge < -0.3 is 10.1 Å². The van der Waals surface area contributed by atoms with Crippen molar-refractivity contribution in [3.05, 3.63) is 65.8 Å². The van der Waals surface area contributed by atoms with E-state index in [-0.39, 0.29) is 18.4 Å². The number of esters is 1. The van der Waals surface area contributed by atoms with E-state index < -0.39 is 0 Å². The zero-order chi connectivity index (χ0) is 19.5. The van der Waals surface area contributed by atoms with Crippen LogP contribution in [-0.2, 0) is 16.1 Å². The Morgan fingerprint density at radius 3 is 2.86 bits per heavy atom. The summed E-state index contributed by atoms with van der Waals surface area (Å²) >= 11 is 1.30. The number of amides is 1. The minimum Gasteiger partial charge on any atom is -0.465 e. The molecule has 1 aromatic carbocycles. The van der Waals surface area contributed by atoms with Crippen LogP contribution in [0, 0.1) is 0 Å². The number of aromatic nitrogens is 3. The lowest BCUT2D eigenvalue weighted by Gasteiger charge is -2.08. The Balaban J connectivity index is 1.47. The standard InChI is InChI=1S/C20H16N4O3S/c1-27-20(26)17-8-7-16(28-17)14-9-11-24(23-14)12-18(25)22-15-6-2-4-13-5-3-10-21-19(13)15/h2-11H,12H2,1H3,(H,22,25). The normalized spacial score (nSPS) is 10.8. The molecule has 0 unspecified atom stereocenters. The molecule has 0 saturated heterocycles. The monoisotopic (exact) mass is 392 g/mol. The van der Waals surface area contributed by atoms with Crippen molar-refractivity contribution in [2.75, 3.05) is 12.4 Å². The minimum absolute atomic E-state index is 0.0679. The van der Waals surface area contributed by atoms with Crippen molar-refractivity contribution in [1.82, 2.24) is 14.8 Å². The van der Waals surface area contributed by atoms with Crippen molar-refractivity contribution in [2.24, 2.45) is 0 Å². The van der Waals surface area contributed by atoms with E-state index in [4.69, 9.17) is 4.74 Å². The predicted molar refractivity (Wildman–Crippen MR) is 107 cm³/mol. The van der Waals surface area contributed by atoms with Gasteiger partial charge in [-0.05, 0) is 30.3 Å². The molecule has 0 bridgehead atoms. The molecule has 28 heavy (non-hydrogen) atoms. The molecule has 7 nitrogen and oxygen atoms in total. The molecular formula is C20H16N4O3S. The van der Waals surface area contributed by atoms with Crippen LogP contribution in [0.4, 0.5) is 5.69 Å². The molecule has 4 aromatic rings. The number of thiophene rings is 1. The lowest BCUT2D eigenvalue weighted by molar-refractivity contribution is -0.116. The zero-order valence-electron chi connectivity index (χ0n) is 15.0. The van der Waals surface area contributed by atoms with Crippen LogP contribution in [0.15, 0.2) is 60.9 Å². The van der Waals surface area contributed by atoms with Crippen LogP contribution < -0.4 is 5.32 Å². The third-order valence-electron chi connectivity index (χ3n) is 4.10. The fraction of sp³-hybridized carbons (Fsp3) is 0.100. The minimum atomic E-state index is -0.376. The van der Waals surface area contributed by atoms with Crippen LogP contribution in [0.5, 0.6) is 0 Å². The number of pyridine rings is 1. The maximum absolute atomic E-state index is 12.4. The van der Waals surface area contributed by atoms with Crippen LogP contribution in [0.3, 0.4) is 0 Å². The van der Waals surface area contributed by atoms with Gasteiger partial charge >= 0.3 is 5.97 Å². The molecule has 3 heterocycles. The average Bonchev–Trinajstić information content (AvgIpc) is 3.37. The zero-order valence-corrected chi connectivity index (χ0v) is 15.8. The first-order chi connectivity index (χ1) is 13.6. The van der Waals surface area contributed by atoms with E-state index in [0.717, 1.165) is 15.8 Å². The fourth-order valence-corrected chi connectivity index (χ4v) is 3.70. The second-order valence-electron chi connectivity index (χ2n) is 5.98. The van der Waals surface area contributed by atoms with Gasteiger partial charge in [0.2, 0.25) is 5.91 Å². The number of carbonyl (C=O) groups is 2. The average molecular weight is 392 g/mol. The van der Waals surface area contributed by atoms with E-state index in [0.29, 0.717) is 16.3 Å². The van der Waals surface area contributed by atoms with Crippen LogP contribution in [0.25, 0.3) is 21.5 Å². The molecule has 0 spiro atoms. The van der Waals surface area contributed by atoms with Crippen molar-refractivity contribution < 1.29 is 14.3 Å². The summed E-state index contributed by atoms with van der Waals surface area (Å²) in [6.07, 6.45) is 3.43. The van der Waals surface area contributed by atoms with Gasteiger partial charge in [-0.3, -0.25) is 14.5 Å². The van der Waals surface area contributed by atoms with Crippen molar-refractivity contribution in [3.8, 4) is 10.6 Å². The van der Waals surface area contributed by atoms with E-state index in [1.54, 1.807) is 29.2 Å². The number of nitrogens with zero attached hydrogens (tertiary/aromatic N) is 3. The van der Waals surface area contributed by atoms with Gasteiger partial charge in [-0.25, -0.2) is 4.79 Å². The number of para-hydroxylation sites is 1. The predicted octanol–water partition coefficient (Wildman–Crippen LogP) is 3.59. The van der Waals surface area contributed by atoms with Crippen LogP contribution >= 0.6 is 11.3 Å². The molecule has 8 heteroatoms. The molecule has 0 fully saturated rings. The Labute approximate surface area is 164 Å². The van der Waals surface area contributed by atoms with Gasteiger partial charge in [-0.2, -0.15) is 5.10 Å². The molecule has 4 rings (SSSR count). The Morgan fingerprint density at radius 2 is 2.00 bits per heavy atom. The lowest BCUT2D eigenvalue weighted by Crippen LogP contribution is -2.19. The number of fused-ring (bicyclic) bond motifs is 1. The Morgan fingerprint density at radius 1 is 1.14 bits per heavy atom. The largest absolute Gasteiger partial charge is 0.465 e. The summed E-state index contributed by atoms with van der Waals surface area (Å²) in [4.78, 5) is 29.7. The number of hydrogen-bond donors (Lipinski definition) is 1. The fourth-order valence-electron chi connectivity index (χ4n) is 2.81. The number of nitrogens with one attached hydrogen (secondary N) is 1. The highest BCUT2D eigenvalue weighted by atomic mass is 32.1. The first kappa shape index (κ1) is 17.9. The van der Waals surface area contributed by atoms with Gasteiger partial charge in [0.05, 0.1) is 23.2 Å². The van der Waals surface area contributed by atoms with Gasteiger partial charge in [-0.15, -0.1) is 11.3 Å². The topological polar surface area (TPSA) is 86.1 Å². The van der Waals surface area contributed by atoms with Crippen molar-refractivity contribution in [3.63, 3.8) is 0 Å². The summed E-state index contributed by atoms with van der Waals surface area (Å²) in [5.41, 5.74) is 2.10. The highest BCUT2D eigenvalue weighted by Gasteiger charge is 2.13. The summed E-state index contributed by atoms with van der Waals surface area (Å²) in [5, 5.41) is 8.27. The van der Waals surface area contributed by atoms with E-state index in [9.17, 15) is 9.59 Å². The number of rotatable bonds is 5. The molecule has 0 aliphatic carbocycles. The van der Waals surface area contributed by atoms with E-state index in [1.807, 2.05) is 36.4 Å². The number of methoxy groups -OCH3 is 1. The molecule has 1 N–H and O–H groups in total. The summed E-state index contributed by atoms with van der Waals surface area (Å²) in [6, 6.07) is 14.8.